The van der Waals surface area contributed by atoms with Gasteiger partial charge in [-0.2, -0.15) is 0 Å². The van der Waals surface area contributed by atoms with Gasteiger partial charge in [-0.3, -0.25) is 4.21 Å². The molecule has 1 aliphatic rings. The second kappa shape index (κ2) is 4.05. The van der Waals surface area contributed by atoms with E-state index < -0.39 is 11.1 Å². The quantitative estimate of drug-likeness (QED) is 0.595. The Bertz CT molecular complexity index is 123. The minimum absolute atomic E-state index is 0.303. The van der Waals surface area contributed by atoms with Gasteiger partial charge in [-0.05, 0) is 25.8 Å². The molecule has 0 radical (unpaired) electrons. The zero-order chi connectivity index (χ0) is 7.40. The van der Waals surface area contributed by atoms with E-state index in [1.54, 1.807) is 0 Å². The van der Waals surface area contributed by atoms with Gasteiger partial charge < -0.3 is 9.87 Å². The molecule has 2 unspecified atom stereocenters. The van der Waals surface area contributed by atoms with E-state index in [-0.39, 0.29) is 0 Å². The molecule has 1 saturated heterocycles. The number of hydrogen-bond donors (Lipinski definition) is 1. The van der Waals surface area contributed by atoms with Gasteiger partial charge in [-0.25, -0.2) is 0 Å². The van der Waals surface area contributed by atoms with Crippen LogP contribution < -0.4 is 5.32 Å². The molecule has 0 saturated carbocycles. The Morgan fingerprint density at radius 1 is 1.70 bits per heavy atom. The zero-order valence-electron chi connectivity index (χ0n) is 5.84. The second-order valence-corrected chi connectivity index (χ2v) is 3.61. The van der Waals surface area contributed by atoms with Crippen molar-refractivity contribution in [2.45, 2.75) is 25.3 Å². The van der Waals surface area contributed by atoms with Crippen LogP contribution in [0.1, 0.15) is 19.3 Å². The van der Waals surface area contributed by atoms with Crippen molar-refractivity contribution >= 4 is 11.1 Å². The molecule has 1 fully saturated rings. The molecule has 2 atom stereocenters. The molecular formula is C6H12NO2S-. The summed E-state index contributed by atoms with van der Waals surface area (Å²) in [6.07, 6.45) is 3.10. The van der Waals surface area contributed by atoms with Crippen molar-refractivity contribution in [2.75, 3.05) is 12.3 Å². The van der Waals surface area contributed by atoms with E-state index in [0.717, 1.165) is 19.4 Å². The first kappa shape index (κ1) is 8.17. The molecule has 1 N–H and O–H groups in total. The second-order valence-electron chi connectivity index (χ2n) is 2.59. The van der Waals surface area contributed by atoms with Gasteiger partial charge in [0.15, 0.2) is 0 Å². The first-order valence-electron chi connectivity index (χ1n) is 3.58. The first-order valence-corrected chi connectivity index (χ1v) is 4.82. The fourth-order valence-corrected chi connectivity index (χ4v) is 1.72. The van der Waals surface area contributed by atoms with Crippen molar-refractivity contribution in [2.24, 2.45) is 0 Å². The Balaban J connectivity index is 2.07. The molecule has 0 aliphatic carbocycles. The van der Waals surface area contributed by atoms with Gasteiger partial charge in [0, 0.05) is 11.8 Å². The standard InChI is InChI=1S/C6H13NO2S/c8-10(9)5-3-6-2-1-4-7-6/h6-7H,1-5H2,(H,8,9)/p-1. The highest BCUT2D eigenvalue weighted by molar-refractivity contribution is 7.79. The van der Waals surface area contributed by atoms with Crippen LogP contribution in [0.15, 0.2) is 0 Å². The third kappa shape index (κ3) is 2.77. The van der Waals surface area contributed by atoms with Crippen LogP contribution in [0.4, 0.5) is 0 Å². The largest absolute Gasteiger partial charge is 0.772 e. The van der Waals surface area contributed by atoms with Gasteiger partial charge in [0.05, 0.1) is 0 Å². The monoisotopic (exact) mass is 162 g/mol. The summed E-state index contributed by atoms with van der Waals surface area (Å²) in [5, 5.41) is 3.24. The highest BCUT2D eigenvalue weighted by Gasteiger charge is 2.12. The Labute approximate surface area is 63.5 Å². The van der Waals surface area contributed by atoms with Crippen LogP contribution in [-0.4, -0.2) is 27.1 Å². The molecule has 0 aromatic rings. The van der Waals surface area contributed by atoms with Crippen molar-refractivity contribution in [1.29, 1.82) is 0 Å². The fourth-order valence-electron chi connectivity index (χ4n) is 1.24. The third-order valence-corrected chi connectivity index (χ3v) is 2.36. The molecule has 0 aromatic carbocycles. The first-order chi connectivity index (χ1) is 4.79. The van der Waals surface area contributed by atoms with Gasteiger partial charge in [0.1, 0.15) is 0 Å². The lowest BCUT2D eigenvalue weighted by Crippen LogP contribution is -2.23. The van der Waals surface area contributed by atoms with Gasteiger partial charge in [0.25, 0.3) is 0 Å². The minimum atomic E-state index is -1.85. The van der Waals surface area contributed by atoms with E-state index in [0.29, 0.717) is 11.8 Å². The van der Waals surface area contributed by atoms with Crippen molar-refractivity contribution in [3.63, 3.8) is 0 Å². The van der Waals surface area contributed by atoms with Crippen LogP contribution in [0.2, 0.25) is 0 Å². The smallest absolute Gasteiger partial charge is 0.0116 e. The molecule has 1 heterocycles. The molecule has 1 aliphatic heterocycles. The summed E-state index contributed by atoms with van der Waals surface area (Å²) < 4.78 is 20.3. The molecule has 3 nitrogen and oxygen atoms in total. The number of nitrogens with one attached hydrogen (secondary N) is 1. The molecule has 0 bridgehead atoms. The lowest BCUT2D eigenvalue weighted by atomic mass is 10.2. The Morgan fingerprint density at radius 2 is 2.50 bits per heavy atom. The summed E-state index contributed by atoms with van der Waals surface area (Å²) in [5.74, 6) is 0.303. The van der Waals surface area contributed by atoms with Gasteiger partial charge >= 0.3 is 0 Å². The van der Waals surface area contributed by atoms with E-state index in [1.807, 2.05) is 0 Å². The maximum absolute atomic E-state index is 10.1. The van der Waals surface area contributed by atoms with Crippen LogP contribution in [0, 0.1) is 0 Å². The fraction of sp³-hybridized carbons (Fsp3) is 1.00. The molecule has 60 valence electrons. The molecule has 0 amide bonds. The Morgan fingerprint density at radius 3 is 3.00 bits per heavy atom. The van der Waals surface area contributed by atoms with E-state index >= 15 is 0 Å². The maximum atomic E-state index is 10.1. The normalized spacial score (nSPS) is 28.7. The average Bonchev–Trinajstić information content (AvgIpc) is 2.34. The van der Waals surface area contributed by atoms with E-state index in [2.05, 4.69) is 5.32 Å². The SMILES string of the molecule is O=S([O-])CCC1CCCN1. The highest BCUT2D eigenvalue weighted by Crippen LogP contribution is 2.08. The summed E-state index contributed by atoms with van der Waals surface area (Å²) in [4.78, 5) is 0. The third-order valence-electron chi connectivity index (χ3n) is 1.80. The minimum Gasteiger partial charge on any atom is -0.772 e. The van der Waals surface area contributed by atoms with E-state index in [4.69, 9.17) is 0 Å². The summed E-state index contributed by atoms with van der Waals surface area (Å²) in [6.45, 7) is 1.05. The van der Waals surface area contributed by atoms with Crippen LogP contribution in [-0.2, 0) is 11.1 Å². The highest BCUT2D eigenvalue weighted by atomic mass is 32.2. The van der Waals surface area contributed by atoms with E-state index in [1.165, 1.54) is 6.42 Å². The van der Waals surface area contributed by atoms with Gasteiger partial charge in [-0.1, -0.05) is 11.1 Å². The van der Waals surface area contributed by atoms with Crippen molar-refractivity contribution in [3.05, 3.63) is 0 Å². The zero-order valence-corrected chi connectivity index (χ0v) is 6.65. The molecule has 0 aromatic heterocycles. The summed E-state index contributed by atoms with van der Waals surface area (Å²) in [7, 11) is 0. The Hall–Kier alpha value is 0.0700. The predicted octanol–water partition coefficient (Wildman–Crippen LogP) is 0.00760. The summed E-state index contributed by atoms with van der Waals surface area (Å²) >= 11 is -1.85. The molecule has 10 heavy (non-hydrogen) atoms. The summed E-state index contributed by atoms with van der Waals surface area (Å²) in [5.41, 5.74) is 0. The van der Waals surface area contributed by atoms with Crippen molar-refractivity contribution < 1.29 is 8.76 Å². The molecule has 1 rings (SSSR count). The number of hydrogen-bond acceptors (Lipinski definition) is 3. The lowest BCUT2D eigenvalue weighted by molar-refractivity contribution is 0.522. The average molecular weight is 162 g/mol. The van der Waals surface area contributed by atoms with Gasteiger partial charge in [-0.15, -0.1) is 0 Å². The maximum Gasteiger partial charge on any atom is 0.0116 e. The van der Waals surface area contributed by atoms with E-state index in [9.17, 15) is 8.76 Å². The van der Waals surface area contributed by atoms with Crippen LogP contribution in [0.25, 0.3) is 0 Å². The Kier molecular flexibility index (Phi) is 3.31. The summed E-state index contributed by atoms with van der Waals surface area (Å²) in [6, 6.07) is 0.456. The predicted molar refractivity (Wildman–Crippen MR) is 39.4 cm³/mol. The molecule has 4 heteroatoms. The van der Waals surface area contributed by atoms with Crippen LogP contribution in [0.3, 0.4) is 0 Å². The molecular weight excluding hydrogens is 150 g/mol. The van der Waals surface area contributed by atoms with Crippen molar-refractivity contribution in [3.8, 4) is 0 Å². The van der Waals surface area contributed by atoms with Crippen molar-refractivity contribution in [1.82, 2.24) is 5.32 Å². The number of rotatable bonds is 3. The van der Waals surface area contributed by atoms with Gasteiger partial charge in [0.2, 0.25) is 0 Å². The molecule has 0 spiro atoms. The van der Waals surface area contributed by atoms with Crippen LogP contribution in [0.5, 0.6) is 0 Å². The topological polar surface area (TPSA) is 52.2 Å². The van der Waals surface area contributed by atoms with Crippen LogP contribution >= 0.6 is 0 Å². The lowest BCUT2D eigenvalue weighted by Gasteiger charge is -2.10.